The molecule has 0 aliphatic carbocycles. The number of benzene rings is 2. The van der Waals surface area contributed by atoms with Crippen molar-refractivity contribution in [2.45, 2.75) is 19.5 Å². The monoisotopic (exact) mass is 323 g/mol. The van der Waals surface area contributed by atoms with Gasteiger partial charge >= 0.3 is 0 Å². The van der Waals surface area contributed by atoms with Crippen molar-refractivity contribution in [2.75, 3.05) is 0 Å². The molecule has 2 aromatic rings. The quantitative estimate of drug-likeness (QED) is 0.838. The summed E-state index contributed by atoms with van der Waals surface area (Å²) in [4.78, 5) is 0. The van der Waals surface area contributed by atoms with Crippen LogP contribution in [0.4, 0.5) is 0 Å². The van der Waals surface area contributed by atoms with E-state index >= 15 is 0 Å². The fourth-order valence-electron chi connectivity index (χ4n) is 1.81. The zero-order valence-corrected chi connectivity index (χ0v) is 12.5. The minimum absolute atomic E-state index is 0.307. The Morgan fingerprint density at radius 1 is 1.17 bits per heavy atom. The fourth-order valence-corrected chi connectivity index (χ4v) is 2.44. The van der Waals surface area contributed by atoms with Gasteiger partial charge < -0.3 is 5.32 Å². The summed E-state index contributed by atoms with van der Waals surface area (Å²) < 4.78 is 1.11. The smallest absolute Gasteiger partial charge is 0.0409 e. The van der Waals surface area contributed by atoms with E-state index in [1.54, 1.807) is 0 Å². The minimum atomic E-state index is 0.307. The fraction of sp³-hybridized carbons (Fsp3) is 0.200. The maximum Gasteiger partial charge on any atom is 0.0409 e. The maximum atomic E-state index is 5.96. The highest BCUT2D eigenvalue weighted by molar-refractivity contribution is 9.10. The Kier molecular flexibility index (Phi) is 4.81. The molecule has 0 saturated carbocycles. The van der Waals surface area contributed by atoms with Crippen molar-refractivity contribution in [1.29, 1.82) is 0 Å². The van der Waals surface area contributed by atoms with Crippen molar-refractivity contribution < 1.29 is 0 Å². The van der Waals surface area contributed by atoms with Crippen molar-refractivity contribution in [3.05, 3.63) is 69.2 Å². The lowest BCUT2D eigenvalue weighted by molar-refractivity contribution is 0.574. The molecular weight excluding hydrogens is 310 g/mol. The van der Waals surface area contributed by atoms with Gasteiger partial charge in [-0.15, -0.1) is 0 Å². The Morgan fingerprint density at radius 3 is 2.67 bits per heavy atom. The molecule has 1 N–H and O–H groups in total. The molecule has 2 rings (SSSR count). The summed E-state index contributed by atoms with van der Waals surface area (Å²) in [6.45, 7) is 2.97. The molecule has 0 saturated heterocycles. The standard InChI is InChI=1S/C15H15BrClN/c1-11(13-5-3-6-14(16)9-13)18-10-12-4-2-7-15(17)8-12/h2-9,11,18H,10H2,1H3/t11-/m1/s1. The van der Waals surface area contributed by atoms with Crippen LogP contribution in [-0.2, 0) is 6.54 Å². The molecule has 1 nitrogen and oxygen atoms in total. The zero-order chi connectivity index (χ0) is 13.0. The van der Waals surface area contributed by atoms with E-state index in [0.717, 1.165) is 16.0 Å². The number of hydrogen-bond acceptors (Lipinski definition) is 1. The summed E-state index contributed by atoms with van der Waals surface area (Å²) in [5, 5.41) is 4.27. The molecule has 18 heavy (non-hydrogen) atoms. The lowest BCUT2D eigenvalue weighted by atomic mass is 10.1. The Morgan fingerprint density at radius 2 is 1.94 bits per heavy atom. The van der Waals surface area contributed by atoms with E-state index in [-0.39, 0.29) is 0 Å². The van der Waals surface area contributed by atoms with E-state index < -0.39 is 0 Å². The van der Waals surface area contributed by atoms with Gasteiger partial charge in [0.05, 0.1) is 0 Å². The van der Waals surface area contributed by atoms with Gasteiger partial charge in [-0.2, -0.15) is 0 Å². The summed E-state index contributed by atoms with van der Waals surface area (Å²) in [5.41, 5.74) is 2.47. The Hall–Kier alpha value is -0.830. The Bertz CT molecular complexity index is 527. The summed E-state index contributed by atoms with van der Waals surface area (Å²) >= 11 is 9.45. The highest BCUT2D eigenvalue weighted by Crippen LogP contribution is 2.18. The highest BCUT2D eigenvalue weighted by atomic mass is 79.9. The van der Waals surface area contributed by atoms with Gasteiger partial charge in [0.1, 0.15) is 0 Å². The molecule has 0 fully saturated rings. The predicted octanol–water partition coefficient (Wildman–Crippen LogP) is 4.95. The van der Waals surface area contributed by atoms with Crippen LogP contribution in [0.1, 0.15) is 24.1 Å². The van der Waals surface area contributed by atoms with Crippen LogP contribution < -0.4 is 5.32 Å². The van der Waals surface area contributed by atoms with Crippen LogP contribution >= 0.6 is 27.5 Å². The van der Waals surface area contributed by atoms with Crippen molar-refractivity contribution in [3.8, 4) is 0 Å². The van der Waals surface area contributed by atoms with Crippen LogP contribution in [0.25, 0.3) is 0 Å². The van der Waals surface area contributed by atoms with Gasteiger partial charge in [-0.05, 0) is 42.3 Å². The maximum absolute atomic E-state index is 5.96. The Labute approximate surface area is 121 Å². The molecule has 2 aromatic carbocycles. The molecule has 1 atom stereocenters. The molecule has 94 valence electrons. The van der Waals surface area contributed by atoms with Crippen molar-refractivity contribution in [1.82, 2.24) is 5.32 Å². The first kappa shape index (κ1) is 13.6. The van der Waals surface area contributed by atoms with Crippen LogP contribution in [0.15, 0.2) is 53.0 Å². The van der Waals surface area contributed by atoms with E-state index in [4.69, 9.17) is 11.6 Å². The van der Waals surface area contributed by atoms with Gasteiger partial charge in [0.2, 0.25) is 0 Å². The average molecular weight is 325 g/mol. The molecule has 0 aliphatic rings. The second kappa shape index (κ2) is 6.37. The van der Waals surface area contributed by atoms with Gasteiger partial charge in [0.25, 0.3) is 0 Å². The third-order valence-corrected chi connectivity index (χ3v) is 3.58. The normalized spacial score (nSPS) is 12.4. The van der Waals surface area contributed by atoms with Gasteiger partial charge in [0.15, 0.2) is 0 Å². The summed E-state index contributed by atoms with van der Waals surface area (Å²) in [7, 11) is 0. The largest absolute Gasteiger partial charge is 0.306 e. The Balaban J connectivity index is 1.98. The van der Waals surface area contributed by atoms with Crippen LogP contribution in [-0.4, -0.2) is 0 Å². The number of hydrogen-bond donors (Lipinski definition) is 1. The van der Waals surface area contributed by atoms with Gasteiger partial charge in [-0.1, -0.05) is 51.8 Å². The first-order chi connectivity index (χ1) is 8.65. The average Bonchev–Trinajstić information content (AvgIpc) is 2.36. The molecule has 0 unspecified atom stereocenters. The number of rotatable bonds is 4. The van der Waals surface area contributed by atoms with E-state index in [0.29, 0.717) is 6.04 Å². The zero-order valence-electron chi connectivity index (χ0n) is 10.2. The third kappa shape index (κ3) is 3.84. The first-order valence-corrected chi connectivity index (χ1v) is 7.05. The lowest BCUT2D eigenvalue weighted by Gasteiger charge is -2.14. The van der Waals surface area contributed by atoms with Crippen LogP contribution in [0.3, 0.4) is 0 Å². The SMILES string of the molecule is C[C@@H](NCc1cccc(Cl)c1)c1cccc(Br)c1. The van der Waals surface area contributed by atoms with E-state index in [2.05, 4.69) is 52.4 Å². The molecule has 0 aliphatic heterocycles. The summed E-state index contributed by atoms with van der Waals surface area (Å²) in [6.07, 6.45) is 0. The molecule has 0 aromatic heterocycles. The highest BCUT2D eigenvalue weighted by Gasteiger charge is 2.05. The van der Waals surface area contributed by atoms with Crippen molar-refractivity contribution in [3.63, 3.8) is 0 Å². The summed E-state index contributed by atoms with van der Waals surface area (Å²) in [5.74, 6) is 0. The molecule has 0 spiro atoms. The second-order valence-electron chi connectivity index (χ2n) is 4.29. The lowest BCUT2D eigenvalue weighted by Crippen LogP contribution is -2.17. The minimum Gasteiger partial charge on any atom is -0.306 e. The van der Waals surface area contributed by atoms with E-state index in [1.807, 2.05) is 24.3 Å². The van der Waals surface area contributed by atoms with Crippen molar-refractivity contribution >= 4 is 27.5 Å². The first-order valence-electron chi connectivity index (χ1n) is 5.88. The molecule has 0 amide bonds. The van der Waals surface area contributed by atoms with Gasteiger partial charge in [0, 0.05) is 22.1 Å². The third-order valence-electron chi connectivity index (χ3n) is 2.85. The van der Waals surface area contributed by atoms with Gasteiger partial charge in [-0.3, -0.25) is 0 Å². The number of nitrogens with one attached hydrogen (secondary N) is 1. The number of halogens is 2. The molecule has 0 radical (unpaired) electrons. The topological polar surface area (TPSA) is 12.0 Å². The molecule has 0 bridgehead atoms. The second-order valence-corrected chi connectivity index (χ2v) is 5.64. The predicted molar refractivity (Wildman–Crippen MR) is 80.8 cm³/mol. The molecule has 3 heteroatoms. The van der Waals surface area contributed by atoms with Crippen LogP contribution in [0.2, 0.25) is 5.02 Å². The molecule has 0 heterocycles. The van der Waals surface area contributed by atoms with Crippen molar-refractivity contribution in [2.24, 2.45) is 0 Å². The van der Waals surface area contributed by atoms with Gasteiger partial charge in [-0.25, -0.2) is 0 Å². The van der Waals surface area contributed by atoms with Crippen LogP contribution in [0, 0.1) is 0 Å². The summed E-state index contributed by atoms with van der Waals surface area (Å²) in [6, 6.07) is 16.6. The van der Waals surface area contributed by atoms with E-state index in [9.17, 15) is 0 Å². The molecular formula is C15H15BrClN. The van der Waals surface area contributed by atoms with E-state index in [1.165, 1.54) is 11.1 Å². The van der Waals surface area contributed by atoms with Crippen LogP contribution in [0.5, 0.6) is 0 Å².